The first-order chi connectivity index (χ1) is 11.3. The molecule has 0 unspecified atom stereocenters. The molecule has 1 aromatic carbocycles. The molecule has 1 aromatic rings. The molecule has 0 spiro atoms. The number of nitrogens with zero attached hydrogens (tertiary/aromatic N) is 2. The average Bonchev–Trinajstić information content (AvgIpc) is 3.15. The molecule has 3 rings (SSSR count). The molecule has 23 heavy (non-hydrogen) atoms. The Labute approximate surface area is 141 Å². The number of piperidine rings is 1. The van der Waals surface area contributed by atoms with Crippen LogP contribution >= 0.6 is 0 Å². The molecule has 126 valence electrons. The zero-order valence-corrected chi connectivity index (χ0v) is 14.5. The number of likely N-dealkylation sites (tertiary alicyclic amines) is 2. The van der Waals surface area contributed by atoms with Crippen molar-refractivity contribution in [3.63, 3.8) is 0 Å². The smallest absolute Gasteiger partial charge is 0.239 e. The Morgan fingerprint density at radius 1 is 1.04 bits per heavy atom. The molecule has 0 saturated carbocycles. The van der Waals surface area contributed by atoms with Gasteiger partial charge < -0.3 is 4.90 Å². The first-order valence-corrected chi connectivity index (χ1v) is 10.0. The van der Waals surface area contributed by atoms with E-state index in [1.165, 1.54) is 0 Å². The second kappa shape index (κ2) is 8.06. The van der Waals surface area contributed by atoms with E-state index in [2.05, 4.69) is 4.90 Å². The normalized spacial score (nSPS) is 23.8. The van der Waals surface area contributed by atoms with E-state index in [4.69, 9.17) is 0 Å². The van der Waals surface area contributed by atoms with Gasteiger partial charge in [0.25, 0.3) is 0 Å². The van der Waals surface area contributed by atoms with Crippen LogP contribution in [0.3, 0.4) is 0 Å². The average molecular weight is 334 g/mol. The maximum atomic E-state index is 12.7. The van der Waals surface area contributed by atoms with Crippen LogP contribution in [0, 0.1) is 0 Å². The summed E-state index contributed by atoms with van der Waals surface area (Å²) in [6, 6.07) is 9.63. The van der Waals surface area contributed by atoms with E-state index in [0.29, 0.717) is 11.7 Å². The maximum absolute atomic E-state index is 12.7. The van der Waals surface area contributed by atoms with Gasteiger partial charge in [0, 0.05) is 30.3 Å². The van der Waals surface area contributed by atoms with Crippen LogP contribution in [0.2, 0.25) is 0 Å². The topological polar surface area (TPSA) is 40.6 Å². The molecule has 2 fully saturated rings. The van der Waals surface area contributed by atoms with Crippen LogP contribution in [0.25, 0.3) is 0 Å². The van der Waals surface area contributed by atoms with Gasteiger partial charge in [0.15, 0.2) is 0 Å². The highest BCUT2D eigenvalue weighted by Crippen LogP contribution is 2.21. The number of amides is 1. The molecule has 0 radical (unpaired) electrons. The first kappa shape index (κ1) is 16.7. The van der Waals surface area contributed by atoms with Crippen LogP contribution in [0.1, 0.15) is 32.1 Å². The summed E-state index contributed by atoms with van der Waals surface area (Å²) in [7, 11) is -0.982. The lowest BCUT2D eigenvalue weighted by Crippen LogP contribution is -2.51. The fraction of sp³-hybridized carbons (Fsp3) is 0.611. The summed E-state index contributed by atoms with van der Waals surface area (Å²) in [5.41, 5.74) is 0. The van der Waals surface area contributed by atoms with Gasteiger partial charge in [-0.25, -0.2) is 0 Å². The van der Waals surface area contributed by atoms with Crippen molar-refractivity contribution in [1.82, 2.24) is 9.80 Å². The second-order valence-electron chi connectivity index (χ2n) is 6.44. The van der Waals surface area contributed by atoms with Gasteiger partial charge in [-0.2, -0.15) is 0 Å². The Morgan fingerprint density at radius 3 is 2.48 bits per heavy atom. The fourth-order valence-electron chi connectivity index (χ4n) is 3.58. The molecular weight excluding hydrogens is 308 g/mol. The lowest BCUT2D eigenvalue weighted by atomic mass is 10.0. The number of carbonyl (C=O) groups is 1. The Balaban J connectivity index is 1.58. The maximum Gasteiger partial charge on any atom is 0.239 e. The van der Waals surface area contributed by atoms with Gasteiger partial charge in [0.1, 0.15) is 0 Å². The van der Waals surface area contributed by atoms with E-state index < -0.39 is 10.8 Å². The quantitative estimate of drug-likeness (QED) is 0.829. The highest BCUT2D eigenvalue weighted by Gasteiger charge is 2.32. The highest BCUT2D eigenvalue weighted by atomic mass is 32.2. The zero-order chi connectivity index (χ0) is 16.1. The molecule has 2 aliphatic heterocycles. The molecule has 2 aliphatic rings. The first-order valence-electron chi connectivity index (χ1n) is 8.72. The Hall–Kier alpha value is -1.20. The molecule has 0 aliphatic carbocycles. The fourth-order valence-corrected chi connectivity index (χ4v) is 4.67. The summed E-state index contributed by atoms with van der Waals surface area (Å²) in [6.45, 7) is 3.53. The van der Waals surface area contributed by atoms with E-state index in [9.17, 15) is 9.00 Å². The molecule has 4 nitrogen and oxygen atoms in total. The van der Waals surface area contributed by atoms with Crippen LogP contribution in [-0.4, -0.2) is 57.9 Å². The van der Waals surface area contributed by atoms with E-state index in [1.807, 2.05) is 35.2 Å². The lowest BCUT2D eigenvalue weighted by Gasteiger charge is -2.36. The van der Waals surface area contributed by atoms with Crippen molar-refractivity contribution in [3.8, 4) is 0 Å². The van der Waals surface area contributed by atoms with Crippen LogP contribution < -0.4 is 0 Å². The minimum absolute atomic E-state index is 0.00891. The number of hydrogen-bond donors (Lipinski definition) is 0. The second-order valence-corrected chi connectivity index (χ2v) is 8.01. The predicted molar refractivity (Wildman–Crippen MR) is 92.7 cm³/mol. The molecule has 1 amide bonds. The molecule has 2 heterocycles. The van der Waals surface area contributed by atoms with Crippen molar-refractivity contribution >= 4 is 16.7 Å². The van der Waals surface area contributed by atoms with Crippen molar-refractivity contribution in [1.29, 1.82) is 0 Å². The van der Waals surface area contributed by atoms with E-state index >= 15 is 0 Å². The summed E-state index contributed by atoms with van der Waals surface area (Å²) in [5, 5.41) is 0. The summed E-state index contributed by atoms with van der Waals surface area (Å²) >= 11 is 0. The molecule has 2 atom stereocenters. The van der Waals surface area contributed by atoms with Crippen molar-refractivity contribution in [2.24, 2.45) is 0 Å². The van der Waals surface area contributed by atoms with Crippen molar-refractivity contribution < 1.29 is 9.00 Å². The van der Waals surface area contributed by atoms with Crippen LogP contribution in [-0.2, 0) is 15.6 Å². The standard InChI is InChI=1S/C18H26N2O2S/c21-18(20-12-6-7-13-20)17-10-4-5-11-19(17)14-15-23(22)16-8-2-1-3-9-16/h1-3,8-9,17H,4-7,10-15H2/t17-,23-/m1/s1. The van der Waals surface area contributed by atoms with Gasteiger partial charge in [-0.3, -0.25) is 13.9 Å². The number of carbonyl (C=O) groups excluding carboxylic acids is 1. The molecule has 5 heteroatoms. The van der Waals surface area contributed by atoms with Gasteiger partial charge in [-0.15, -0.1) is 0 Å². The minimum atomic E-state index is -0.982. The summed E-state index contributed by atoms with van der Waals surface area (Å²) < 4.78 is 12.4. The summed E-state index contributed by atoms with van der Waals surface area (Å²) in [5.74, 6) is 0.904. The van der Waals surface area contributed by atoms with Gasteiger partial charge in [-0.05, 0) is 44.4 Å². The number of hydrogen-bond acceptors (Lipinski definition) is 3. The SMILES string of the molecule is O=C([C@H]1CCCCN1CC[S@@](=O)c1ccccc1)N1CCCC1. The molecule has 0 bridgehead atoms. The number of rotatable bonds is 5. The van der Waals surface area contributed by atoms with Gasteiger partial charge >= 0.3 is 0 Å². The van der Waals surface area contributed by atoms with Crippen LogP contribution in [0.5, 0.6) is 0 Å². The van der Waals surface area contributed by atoms with Gasteiger partial charge in [0.2, 0.25) is 5.91 Å². The van der Waals surface area contributed by atoms with Crippen molar-refractivity contribution in [2.75, 3.05) is 31.9 Å². The summed E-state index contributed by atoms with van der Waals surface area (Å²) in [4.78, 5) is 17.9. The van der Waals surface area contributed by atoms with Crippen LogP contribution in [0.15, 0.2) is 35.2 Å². The van der Waals surface area contributed by atoms with Gasteiger partial charge in [-0.1, -0.05) is 24.6 Å². The highest BCUT2D eigenvalue weighted by molar-refractivity contribution is 7.85. The third-order valence-electron chi connectivity index (χ3n) is 4.89. The third kappa shape index (κ3) is 4.21. The third-order valence-corrected chi connectivity index (χ3v) is 6.24. The number of benzene rings is 1. The van der Waals surface area contributed by atoms with Gasteiger partial charge in [0.05, 0.1) is 16.8 Å². The molecule has 0 N–H and O–H groups in total. The molecular formula is C18H26N2O2S. The largest absolute Gasteiger partial charge is 0.341 e. The molecule has 2 saturated heterocycles. The Bertz CT molecular complexity index is 543. The lowest BCUT2D eigenvalue weighted by molar-refractivity contribution is -0.137. The predicted octanol–water partition coefficient (Wildman–Crippen LogP) is 2.27. The van der Waals surface area contributed by atoms with E-state index in [-0.39, 0.29) is 6.04 Å². The van der Waals surface area contributed by atoms with E-state index in [0.717, 1.165) is 63.2 Å². The molecule has 0 aromatic heterocycles. The van der Waals surface area contributed by atoms with Crippen molar-refractivity contribution in [3.05, 3.63) is 30.3 Å². The van der Waals surface area contributed by atoms with E-state index in [1.54, 1.807) is 0 Å². The Morgan fingerprint density at radius 2 is 1.74 bits per heavy atom. The summed E-state index contributed by atoms with van der Waals surface area (Å²) in [6.07, 6.45) is 5.49. The Kier molecular flexibility index (Phi) is 5.84. The van der Waals surface area contributed by atoms with Crippen LogP contribution in [0.4, 0.5) is 0 Å². The minimum Gasteiger partial charge on any atom is -0.341 e. The zero-order valence-electron chi connectivity index (χ0n) is 13.7. The monoisotopic (exact) mass is 334 g/mol. The van der Waals surface area contributed by atoms with Crippen molar-refractivity contribution in [2.45, 2.75) is 43.0 Å².